The van der Waals surface area contributed by atoms with E-state index < -0.39 is 0 Å². The maximum atomic E-state index is 13.1. The Kier molecular flexibility index (Phi) is 5.55. The maximum Gasteiger partial charge on any atom is 0.264 e. The molecule has 0 aliphatic carbocycles. The fraction of sp³-hybridized carbons (Fsp3) is 0.429. The van der Waals surface area contributed by atoms with Gasteiger partial charge in [-0.15, -0.1) is 11.3 Å². The minimum Gasteiger partial charge on any atom is -0.378 e. The molecular formula is C21H24N2O3S. The summed E-state index contributed by atoms with van der Waals surface area (Å²) >= 11 is 1.50. The summed E-state index contributed by atoms with van der Waals surface area (Å²) in [5, 5.41) is 1.98. The van der Waals surface area contributed by atoms with Gasteiger partial charge in [-0.25, -0.2) is 0 Å². The van der Waals surface area contributed by atoms with E-state index in [9.17, 15) is 9.59 Å². The molecule has 5 nitrogen and oxygen atoms in total. The average Bonchev–Trinajstić information content (AvgIpc) is 3.24. The van der Waals surface area contributed by atoms with Crippen LogP contribution in [0, 0.1) is 5.92 Å². The van der Waals surface area contributed by atoms with Crippen molar-refractivity contribution < 1.29 is 14.3 Å². The van der Waals surface area contributed by atoms with Crippen LogP contribution in [0.4, 0.5) is 0 Å². The fourth-order valence-corrected chi connectivity index (χ4v) is 4.72. The van der Waals surface area contributed by atoms with Crippen molar-refractivity contribution in [1.82, 2.24) is 9.80 Å². The summed E-state index contributed by atoms with van der Waals surface area (Å²) in [7, 11) is 0. The van der Waals surface area contributed by atoms with Crippen molar-refractivity contribution in [1.29, 1.82) is 0 Å². The molecule has 2 amide bonds. The van der Waals surface area contributed by atoms with E-state index in [1.807, 2.05) is 51.6 Å². The van der Waals surface area contributed by atoms with Crippen LogP contribution in [0.25, 0.3) is 11.1 Å². The third-order valence-electron chi connectivity index (χ3n) is 5.40. The van der Waals surface area contributed by atoms with E-state index in [1.165, 1.54) is 11.3 Å². The number of ether oxygens (including phenoxy) is 1. The van der Waals surface area contributed by atoms with Crippen molar-refractivity contribution >= 4 is 23.2 Å². The molecule has 2 saturated heterocycles. The second-order valence-electron chi connectivity index (χ2n) is 7.03. The lowest BCUT2D eigenvalue weighted by Gasteiger charge is -2.35. The number of amides is 2. The van der Waals surface area contributed by atoms with Crippen molar-refractivity contribution in [3.63, 3.8) is 0 Å². The van der Waals surface area contributed by atoms with Crippen LogP contribution < -0.4 is 0 Å². The topological polar surface area (TPSA) is 49.9 Å². The molecule has 0 spiro atoms. The third-order valence-corrected chi connectivity index (χ3v) is 6.30. The number of benzene rings is 1. The Morgan fingerprint density at radius 3 is 2.33 bits per heavy atom. The molecule has 0 saturated carbocycles. The lowest BCUT2D eigenvalue weighted by atomic mass is 9.94. The first-order valence-corrected chi connectivity index (χ1v) is 10.4. The molecule has 3 heterocycles. The van der Waals surface area contributed by atoms with Crippen molar-refractivity contribution in [2.45, 2.75) is 12.8 Å². The summed E-state index contributed by atoms with van der Waals surface area (Å²) < 4.78 is 5.33. The second-order valence-corrected chi connectivity index (χ2v) is 7.95. The van der Waals surface area contributed by atoms with Gasteiger partial charge in [0, 0.05) is 37.7 Å². The van der Waals surface area contributed by atoms with Gasteiger partial charge in [-0.1, -0.05) is 30.3 Å². The average molecular weight is 385 g/mol. The molecule has 2 fully saturated rings. The van der Waals surface area contributed by atoms with Crippen LogP contribution in [0.15, 0.2) is 41.8 Å². The predicted molar refractivity (Wildman–Crippen MR) is 106 cm³/mol. The highest BCUT2D eigenvalue weighted by Crippen LogP contribution is 2.31. The van der Waals surface area contributed by atoms with Crippen LogP contribution >= 0.6 is 11.3 Å². The number of thiophene rings is 1. The molecule has 1 aromatic carbocycles. The van der Waals surface area contributed by atoms with Crippen molar-refractivity contribution in [3.05, 3.63) is 46.7 Å². The molecule has 2 aliphatic rings. The maximum absolute atomic E-state index is 13.1. The van der Waals surface area contributed by atoms with Gasteiger partial charge in [-0.05, 0) is 29.9 Å². The molecule has 27 heavy (non-hydrogen) atoms. The smallest absolute Gasteiger partial charge is 0.264 e. The highest BCUT2D eigenvalue weighted by molar-refractivity contribution is 7.12. The Balaban J connectivity index is 1.40. The molecular weight excluding hydrogens is 360 g/mol. The van der Waals surface area contributed by atoms with Crippen LogP contribution in [-0.4, -0.2) is 61.0 Å². The van der Waals surface area contributed by atoms with E-state index in [4.69, 9.17) is 4.74 Å². The monoisotopic (exact) mass is 384 g/mol. The zero-order chi connectivity index (χ0) is 18.6. The number of rotatable bonds is 3. The number of carbonyl (C=O) groups is 2. The first kappa shape index (κ1) is 18.2. The molecule has 2 aromatic rings. The van der Waals surface area contributed by atoms with E-state index in [0.29, 0.717) is 39.4 Å². The van der Waals surface area contributed by atoms with Crippen LogP contribution in [-0.2, 0) is 9.53 Å². The van der Waals surface area contributed by atoms with Gasteiger partial charge in [0.15, 0.2) is 0 Å². The summed E-state index contributed by atoms with van der Waals surface area (Å²) in [5.74, 6) is 0.344. The standard InChI is InChI=1S/C21H24N2O3S/c24-20(23-11-13-26-14-12-23)17-6-9-22(10-7-17)21(25)19-18(8-15-27-19)16-4-2-1-3-5-16/h1-5,8,15,17H,6-7,9-14H2. The van der Waals surface area contributed by atoms with Gasteiger partial charge in [0.2, 0.25) is 5.91 Å². The minimum absolute atomic E-state index is 0.0316. The number of morpholine rings is 1. The lowest BCUT2D eigenvalue weighted by molar-refractivity contribution is -0.141. The first-order valence-electron chi connectivity index (χ1n) is 9.53. The van der Waals surface area contributed by atoms with Gasteiger partial charge >= 0.3 is 0 Å². The summed E-state index contributed by atoms with van der Waals surface area (Å²) in [5.41, 5.74) is 2.07. The predicted octanol–water partition coefficient (Wildman–Crippen LogP) is 3.13. The van der Waals surface area contributed by atoms with Crippen molar-refractivity contribution in [3.8, 4) is 11.1 Å². The van der Waals surface area contributed by atoms with E-state index in [1.54, 1.807) is 0 Å². The number of piperidine rings is 1. The molecule has 6 heteroatoms. The molecule has 0 radical (unpaired) electrons. The molecule has 0 atom stereocenters. The van der Waals surface area contributed by atoms with Gasteiger partial charge in [0.05, 0.1) is 18.1 Å². The molecule has 0 N–H and O–H groups in total. The van der Waals surface area contributed by atoms with E-state index in [0.717, 1.165) is 28.8 Å². The fourth-order valence-electron chi connectivity index (χ4n) is 3.83. The number of hydrogen-bond donors (Lipinski definition) is 0. The largest absolute Gasteiger partial charge is 0.378 e. The van der Waals surface area contributed by atoms with Crippen LogP contribution in [0.3, 0.4) is 0 Å². The highest BCUT2D eigenvalue weighted by Gasteiger charge is 2.32. The van der Waals surface area contributed by atoms with Gasteiger partial charge in [-0.3, -0.25) is 9.59 Å². The lowest BCUT2D eigenvalue weighted by Crippen LogP contribution is -2.47. The molecule has 4 rings (SSSR count). The highest BCUT2D eigenvalue weighted by atomic mass is 32.1. The van der Waals surface area contributed by atoms with Gasteiger partial charge in [0.25, 0.3) is 5.91 Å². The van der Waals surface area contributed by atoms with Crippen LogP contribution in [0.1, 0.15) is 22.5 Å². The Labute approximate surface area is 163 Å². The van der Waals surface area contributed by atoms with Gasteiger partial charge < -0.3 is 14.5 Å². The summed E-state index contributed by atoms with van der Waals surface area (Å²) in [6.45, 7) is 3.92. The van der Waals surface area contributed by atoms with Crippen LogP contribution in [0.5, 0.6) is 0 Å². The Hall–Kier alpha value is -2.18. The summed E-state index contributed by atoms with van der Waals surface area (Å²) in [4.78, 5) is 30.3. The zero-order valence-electron chi connectivity index (χ0n) is 15.3. The van der Waals surface area contributed by atoms with E-state index >= 15 is 0 Å². The molecule has 0 bridgehead atoms. The van der Waals surface area contributed by atoms with Crippen LogP contribution in [0.2, 0.25) is 0 Å². The summed E-state index contributed by atoms with van der Waals surface area (Å²) in [6.07, 6.45) is 1.49. The van der Waals surface area contributed by atoms with E-state index in [2.05, 4.69) is 0 Å². The molecule has 142 valence electrons. The second kappa shape index (κ2) is 8.23. The molecule has 2 aliphatic heterocycles. The number of likely N-dealkylation sites (tertiary alicyclic amines) is 1. The van der Waals surface area contributed by atoms with Gasteiger partial charge in [-0.2, -0.15) is 0 Å². The number of hydrogen-bond acceptors (Lipinski definition) is 4. The Morgan fingerprint density at radius 2 is 1.63 bits per heavy atom. The number of carbonyl (C=O) groups excluding carboxylic acids is 2. The van der Waals surface area contributed by atoms with Crippen molar-refractivity contribution in [2.75, 3.05) is 39.4 Å². The third kappa shape index (κ3) is 3.92. The minimum atomic E-state index is 0.0316. The Bertz CT molecular complexity index is 791. The normalized spacial score (nSPS) is 18.5. The number of nitrogens with zero attached hydrogens (tertiary/aromatic N) is 2. The zero-order valence-corrected chi connectivity index (χ0v) is 16.1. The van der Waals surface area contributed by atoms with Gasteiger partial charge in [0.1, 0.15) is 0 Å². The first-order chi connectivity index (χ1) is 13.2. The van der Waals surface area contributed by atoms with Crippen molar-refractivity contribution in [2.24, 2.45) is 5.92 Å². The van der Waals surface area contributed by atoms with E-state index in [-0.39, 0.29) is 17.7 Å². The molecule has 0 unspecified atom stereocenters. The quantitative estimate of drug-likeness (QED) is 0.817. The summed E-state index contributed by atoms with van der Waals surface area (Å²) in [6, 6.07) is 12.0. The Morgan fingerprint density at radius 1 is 0.926 bits per heavy atom. The SMILES string of the molecule is O=C(c1sccc1-c1ccccc1)N1CCC(C(=O)N2CCOCC2)CC1. The molecule has 1 aromatic heterocycles.